The predicted octanol–water partition coefficient (Wildman–Crippen LogP) is 2.54. The van der Waals surface area contributed by atoms with Crippen LogP contribution in [0.2, 0.25) is 0 Å². The maximum atomic E-state index is 12.8. The third kappa shape index (κ3) is 3.84. The molecule has 21 heavy (non-hydrogen) atoms. The fourth-order valence-electron chi connectivity index (χ4n) is 1.83. The van der Waals surface area contributed by atoms with Gasteiger partial charge in [0.1, 0.15) is 5.82 Å². The Morgan fingerprint density at radius 2 is 2.10 bits per heavy atom. The summed E-state index contributed by atoms with van der Waals surface area (Å²) in [6.45, 7) is 5.52. The number of nitrogens with zero attached hydrogens (tertiary/aromatic N) is 4. The second-order valence-electron chi connectivity index (χ2n) is 5.61. The maximum Gasteiger partial charge on any atom is 0.299 e. The summed E-state index contributed by atoms with van der Waals surface area (Å²) in [5.74, 6) is 0.0574. The number of anilines is 1. The Bertz CT molecular complexity index is 599. The maximum absolute atomic E-state index is 12.8. The van der Waals surface area contributed by atoms with Gasteiger partial charge in [-0.1, -0.05) is 13.8 Å². The molecule has 116 valence electrons. The van der Waals surface area contributed by atoms with Crippen molar-refractivity contribution < 1.29 is 13.5 Å². The van der Waals surface area contributed by atoms with E-state index in [2.05, 4.69) is 34.5 Å². The lowest BCUT2D eigenvalue weighted by molar-refractivity contribution is 0.137. The van der Waals surface area contributed by atoms with Gasteiger partial charge >= 0.3 is 0 Å². The second kappa shape index (κ2) is 6.30. The molecule has 8 heteroatoms. The van der Waals surface area contributed by atoms with Gasteiger partial charge in [-0.3, -0.25) is 0 Å². The average molecular weight is 299 g/mol. The van der Waals surface area contributed by atoms with E-state index < -0.39 is 12.2 Å². The van der Waals surface area contributed by atoms with Crippen LogP contribution in [0.1, 0.15) is 32.5 Å². The highest BCUT2D eigenvalue weighted by Crippen LogP contribution is 2.21. The Labute approximate surface area is 121 Å². The molecular weight excluding hydrogens is 280 g/mol. The molecule has 2 heterocycles. The SMILES string of the molecule is COCCC(C)(C)CNc1ccc2nnc(C(F)F)n2n1. The summed E-state index contributed by atoms with van der Waals surface area (Å²) in [5, 5.41) is 14.4. The Balaban J connectivity index is 2.10. The van der Waals surface area contributed by atoms with Crippen LogP contribution in [0.3, 0.4) is 0 Å². The molecule has 0 saturated heterocycles. The Hall–Kier alpha value is -1.83. The zero-order chi connectivity index (χ0) is 15.5. The van der Waals surface area contributed by atoms with Crippen molar-refractivity contribution >= 4 is 11.5 Å². The van der Waals surface area contributed by atoms with Crippen molar-refractivity contribution in [3.8, 4) is 0 Å². The highest BCUT2D eigenvalue weighted by Gasteiger charge is 2.19. The first kappa shape index (κ1) is 15.6. The first-order valence-electron chi connectivity index (χ1n) is 6.66. The molecule has 2 aromatic heterocycles. The lowest BCUT2D eigenvalue weighted by atomic mass is 9.90. The van der Waals surface area contributed by atoms with Crippen LogP contribution < -0.4 is 5.32 Å². The van der Waals surface area contributed by atoms with Crippen molar-refractivity contribution in [3.05, 3.63) is 18.0 Å². The Morgan fingerprint density at radius 1 is 1.33 bits per heavy atom. The number of methoxy groups -OCH3 is 1. The molecule has 0 aromatic carbocycles. The molecule has 0 amide bonds. The molecule has 0 fully saturated rings. The van der Waals surface area contributed by atoms with E-state index in [9.17, 15) is 8.78 Å². The highest BCUT2D eigenvalue weighted by atomic mass is 19.3. The summed E-state index contributed by atoms with van der Waals surface area (Å²) in [6.07, 6.45) is -1.82. The van der Waals surface area contributed by atoms with E-state index in [-0.39, 0.29) is 5.41 Å². The molecule has 0 unspecified atom stereocenters. The lowest BCUT2D eigenvalue weighted by Crippen LogP contribution is -2.25. The standard InChI is InChI=1S/C13H19F2N5O/c1-13(2,6-7-21-3)8-16-9-4-5-10-17-18-12(11(14)15)20(10)19-9/h4-5,11H,6-8H2,1-3H3,(H,16,19). The minimum absolute atomic E-state index is 0.00534. The molecule has 6 nitrogen and oxygen atoms in total. The van der Waals surface area contributed by atoms with E-state index in [1.165, 1.54) is 0 Å². The van der Waals surface area contributed by atoms with Crippen molar-refractivity contribution in [2.45, 2.75) is 26.7 Å². The van der Waals surface area contributed by atoms with Gasteiger partial charge in [-0.2, -0.15) is 4.52 Å². The van der Waals surface area contributed by atoms with Gasteiger partial charge in [0.2, 0.25) is 5.82 Å². The molecule has 0 atom stereocenters. The van der Waals surface area contributed by atoms with Crippen molar-refractivity contribution in [3.63, 3.8) is 0 Å². The molecule has 1 N–H and O–H groups in total. The molecule has 0 aliphatic heterocycles. The molecule has 0 bridgehead atoms. The third-order valence-electron chi connectivity index (χ3n) is 3.21. The molecule has 0 radical (unpaired) electrons. The first-order valence-corrected chi connectivity index (χ1v) is 6.66. The van der Waals surface area contributed by atoms with Crippen molar-refractivity contribution in [1.29, 1.82) is 0 Å². The molecule has 2 rings (SSSR count). The van der Waals surface area contributed by atoms with E-state index in [0.29, 0.717) is 24.6 Å². The van der Waals surface area contributed by atoms with Crippen LogP contribution in [0.4, 0.5) is 14.6 Å². The van der Waals surface area contributed by atoms with Crippen LogP contribution in [0.15, 0.2) is 12.1 Å². The van der Waals surface area contributed by atoms with Crippen LogP contribution in [-0.2, 0) is 4.74 Å². The number of halogens is 2. The first-order chi connectivity index (χ1) is 9.93. The van der Waals surface area contributed by atoms with Gasteiger partial charge in [-0.15, -0.1) is 15.3 Å². The monoisotopic (exact) mass is 299 g/mol. The fraction of sp³-hybridized carbons (Fsp3) is 0.615. The Morgan fingerprint density at radius 3 is 2.76 bits per heavy atom. The van der Waals surface area contributed by atoms with Gasteiger partial charge < -0.3 is 10.1 Å². The van der Waals surface area contributed by atoms with Gasteiger partial charge in [-0.05, 0) is 24.0 Å². The quantitative estimate of drug-likeness (QED) is 0.851. The number of nitrogens with one attached hydrogen (secondary N) is 1. The molecular formula is C13H19F2N5O. The molecule has 2 aromatic rings. The minimum atomic E-state index is -2.71. The Kier molecular flexibility index (Phi) is 4.66. The number of alkyl halides is 2. The minimum Gasteiger partial charge on any atom is -0.385 e. The van der Waals surface area contributed by atoms with Gasteiger partial charge in [0, 0.05) is 20.3 Å². The van der Waals surface area contributed by atoms with E-state index in [1.54, 1.807) is 19.2 Å². The van der Waals surface area contributed by atoms with Crippen molar-refractivity contribution in [2.75, 3.05) is 25.6 Å². The van der Waals surface area contributed by atoms with Crippen LogP contribution in [0.5, 0.6) is 0 Å². The summed E-state index contributed by atoms with van der Waals surface area (Å²) in [7, 11) is 1.66. The normalized spacial score (nSPS) is 12.3. The highest BCUT2D eigenvalue weighted by molar-refractivity contribution is 5.44. The number of hydrogen-bond donors (Lipinski definition) is 1. The molecule has 0 aliphatic rings. The van der Waals surface area contributed by atoms with Crippen molar-refractivity contribution in [1.82, 2.24) is 19.8 Å². The summed E-state index contributed by atoms with van der Waals surface area (Å²) >= 11 is 0. The van der Waals surface area contributed by atoms with E-state index in [0.717, 1.165) is 10.9 Å². The third-order valence-corrected chi connectivity index (χ3v) is 3.21. The summed E-state index contributed by atoms with van der Waals surface area (Å²) in [5.41, 5.74) is 0.306. The van der Waals surface area contributed by atoms with Gasteiger partial charge in [-0.25, -0.2) is 8.78 Å². The number of fused-ring (bicyclic) bond motifs is 1. The van der Waals surface area contributed by atoms with Crippen LogP contribution >= 0.6 is 0 Å². The summed E-state index contributed by atoms with van der Waals surface area (Å²) in [4.78, 5) is 0. The van der Waals surface area contributed by atoms with E-state index >= 15 is 0 Å². The average Bonchev–Trinajstić information content (AvgIpc) is 2.86. The second-order valence-corrected chi connectivity index (χ2v) is 5.61. The largest absolute Gasteiger partial charge is 0.385 e. The predicted molar refractivity (Wildman–Crippen MR) is 74.5 cm³/mol. The fourth-order valence-corrected chi connectivity index (χ4v) is 1.83. The molecule has 0 saturated carbocycles. The topological polar surface area (TPSA) is 64.3 Å². The zero-order valence-electron chi connectivity index (χ0n) is 12.3. The molecule has 0 aliphatic carbocycles. The summed E-state index contributed by atoms with van der Waals surface area (Å²) in [6, 6.07) is 3.31. The number of rotatable bonds is 7. The lowest BCUT2D eigenvalue weighted by Gasteiger charge is -2.24. The smallest absolute Gasteiger partial charge is 0.299 e. The van der Waals surface area contributed by atoms with Crippen LogP contribution in [-0.4, -0.2) is 40.1 Å². The zero-order valence-corrected chi connectivity index (χ0v) is 12.3. The van der Waals surface area contributed by atoms with Crippen LogP contribution in [0, 0.1) is 5.41 Å². The molecule has 0 spiro atoms. The van der Waals surface area contributed by atoms with E-state index in [4.69, 9.17) is 4.74 Å². The van der Waals surface area contributed by atoms with Crippen LogP contribution in [0.25, 0.3) is 5.65 Å². The number of aromatic nitrogens is 4. The van der Waals surface area contributed by atoms with Crippen molar-refractivity contribution in [2.24, 2.45) is 5.41 Å². The van der Waals surface area contributed by atoms with E-state index in [1.807, 2.05) is 0 Å². The number of ether oxygens (including phenoxy) is 1. The van der Waals surface area contributed by atoms with Gasteiger partial charge in [0.25, 0.3) is 6.43 Å². The van der Waals surface area contributed by atoms with Gasteiger partial charge in [0.05, 0.1) is 0 Å². The van der Waals surface area contributed by atoms with Gasteiger partial charge in [0.15, 0.2) is 5.65 Å². The number of hydrogen-bond acceptors (Lipinski definition) is 5. The summed E-state index contributed by atoms with van der Waals surface area (Å²) < 4.78 is 31.7.